The average Bonchev–Trinajstić information content (AvgIpc) is 3.29. The van der Waals surface area contributed by atoms with Gasteiger partial charge in [-0.05, 0) is 103 Å². The van der Waals surface area contributed by atoms with Crippen LogP contribution in [0.2, 0.25) is 0 Å². The first kappa shape index (κ1) is 40.5. The molecule has 8 aromatic carbocycles. The van der Waals surface area contributed by atoms with E-state index >= 15 is 0 Å². The maximum atomic E-state index is 12.8. The van der Waals surface area contributed by atoms with E-state index in [0.29, 0.717) is 5.69 Å². The van der Waals surface area contributed by atoms with Gasteiger partial charge in [0.2, 0.25) is 0 Å². The molecule has 0 fully saturated rings. The molecule has 0 amide bonds. The average molecular weight is 841 g/mol. The highest BCUT2D eigenvalue weighted by molar-refractivity contribution is 7.92. The van der Waals surface area contributed by atoms with E-state index < -0.39 is 10.0 Å². The van der Waals surface area contributed by atoms with Gasteiger partial charge < -0.3 is 11.1 Å². The Balaban J connectivity index is 0.000000122. The Morgan fingerprint density at radius 2 is 1.03 bits per heavy atom. The third-order valence-corrected chi connectivity index (χ3v) is 12.4. The largest absolute Gasteiger partial charge is 0.398 e. The van der Waals surface area contributed by atoms with Crippen molar-refractivity contribution in [1.29, 1.82) is 0 Å². The van der Waals surface area contributed by atoms with Crippen molar-refractivity contribution in [3.8, 4) is 0 Å². The highest BCUT2D eigenvalue weighted by atomic mass is 32.2. The molecule has 11 aromatic rings. The van der Waals surface area contributed by atoms with Crippen LogP contribution in [-0.2, 0) is 10.0 Å². The number of nitrogens with zero attached hydrogens (tertiary/aromatic N) is 3. The number of sulfonamides is 1. The summed E-state index contributed by atoms with van der Waals surface area (Å²) in [5.41, 5.74) is 15.7. The number of rotatable bonds is 5. The van der Waals surface area contributed by atoms with Gasteiger partial charge in [0.05, 0.1) is 27.1 Å². The normalized spacial score (nSPS) is 11.3. The Kier molecular flexibility index (Phi) is 11.1. The van der Waals surface area contributed by atoms with E-state index in [0.717, 1.165) is 77.2 Å². The number of pyridine rings is 3. The van der Waals surface area contributed by atoms with Crippen molar-refractivity contribution >= 4 is 97.8 Å². The number of aryl methyl sites for hydroxylation is 3. The molecule has 8 nitrogen and oxygen atoms in total. The number of para-hydroxylation sites is 1. The quantitative estimate of drug-likeness (QED) is 0.116. The minimum atomic E-state index is -3.67. The van der Waals surface area contributed by atoms with Crippen molar-refractivity contribution in [2.24, 2.45) is 0 Å². The zero-order valence-corrected chi connectivity index (χ0v) is 35.9. The van der Waals surface area contributed by atoms with Gasteiger partial charge >= 0.3 is 0 Å². The lowest BCUT2D eigenvalue weighted by molar-refractivity contribution is 0.601. The molecule has 308 valence electrons. The lowest BCUT2D eigenvalue weighted by atomic mass is 10.0. The highest BCUT2D eigenvalue weighted by Crippen LogP contribution is 2.34. The molecule has 0 atom stereocenters. The molecule has 0 aliphatic rings. The number of fused-ring (bicyclic) bond motifs is 9. The van der Waals surface area contributed by atoms with E-state index in [-0.39, 0.29) is 4.90 Å². The Hall–Kier alpha value is -7.88. The summed E-state index contributed by atoms with van der Waals surface area (Å²) in [5.74, 6) is 0. The Bertz CT molecular complexity index is 3580. The van der Waals surface area contributed by atoms with Crippen molar-refractivity contribution in [3.05, 3.63) is 205 Å². The number of nitrogens with two attached hydrogens (primary N) is 1. The van der Waals surface area contributed by atoms with Crippen molar-refractivity contribution in [3.63, 3.8) is 0 Å². The van der Waals surface area contributed by atoms with E-state index in [2.05, 4.69) is 105 Å². The second-order valence-electron chi connectivity index (χ2n) is 15.5. The molecule has 3 aromatic heterocycles. The summed E-state index contributed by atoms with van der Waals surface area (Å²) in [6.45, 7) is 6.05. The Morgan fingerprint density at radius 3 is 1.68 bits per heavy atom. The molecule has 0 spiro atoms. The van der Waals surface area contributed by atoms with Crippen LogP contribution in [0.25, 0.3) is 65.0 Å². The lowest BCUT2D eigenvalue weighted by Gasteiger charge is -2.12. The zero-order chi connectivity index (χ0) is 43.5. The molecule has 0 bridgehead atoms. The number of anilines is 4. The predicted molar refractivity (Wildman–Crippen MR) is 263 cm³/mol. The maximum absolute atomic E-state index is 12.8. The van der Waals surface area contributed by atoms with Gasteiger partial charge in [-0.1, -0.05) is 121 Å². The molecular formula is C54H44N6O2S. The van der Waals surface area contributed by atoms with Crippen LogP contribution in [0.4, 0.5) is 22.7 Å². The molecule has 9 heteroatoms. The molecular weight excluding hydrogens is 797 g/mol. The van der Waals surface area contributed by atoms with Gasteiger partial charge in [0.1, 0.15) is 0 Å². The van der Waals surface area contributed by atoms with Crippen LogP contribution < -0.4 is 15.8 Å². The van der Waals surface area contributed by atoms with Crippen molar-refractivity contribution in [1.82, 2.24) is 15.0 Å². The summed E-state index contributed by atoms with van der Waals surface area (Å²) in [7, 11) is -3.67. The van der Waals surface area contributed by atoms with Gasteiger partial charge in [0.25, 0.3) is 10.0 Å². The molecule has 0 saturated carbocycles. The highest BCUT2D eigenvalue weighted by Gasteiger charge is 2.17. The number of nitrogens with one attached hydrogen (secondary N) is 2. The van der Waals surface area contributed by atoms with Gasteiger partial charge in [-0.25, -0.2) is 8.42 Å². The van der Waals surface area contributed by atoms with Crippen LogP contribution in [0.15, 0.2) is 193 Å². The third kappa shape index (κ3) is 8.42. The fraction of sp³-hybridized carbons (Fsp3) is 0.0556. The minimum Gasteiger partial charge on any atom is -0.398 e. The lowest BCUT2D eigenvalue weighted by Crippen LogP contribution is -2.13. The van der Waals surface area contributed by atoms with Gasteiger partial charge in [0.15, 0.2) is 0 Å². The van der Waals surface area contributed by atoms with Crippen LogP contribution in [0.5, 0.6) is 0 Å². The van der Waals surface area contributed by atoms with Crippen molar-refractivity contribution < 1.29 is 8.42 Å². The van der Waals surface area contributed by atoms with Crippen molar-refractivity contribution in [2.75, 3.05) is 15.8 Å². The van der Waals surface area contributed by atoms with Gasteiger partial charge in [-0.3, -0.25) is 19.7 Å². The number of aromatic nitrogens is 3. The molecule has 0 unspecified atom stereocenters. The first-order valence-corrected chi connectivity index (χ1v) is 22.1. The maximum Gasteiger partial charge on any atom is 0.261 e. The van der Waals surface area contributed by atoms with Gasteiger partial charge in [-0.2, -0.15) is 0 Å². The zero-order valence-electron chi connectivity index (χ0n) is 35.0. The number of benzene rings is 8. The predicted octanol–water partition coefficient (Wildman–Crippen LogP) is 13.2. The van der Waals surface area contributed by atoms with Crippen LogP contribution in [0, 0.1) is 20.8 Å². The van der Waals surface area contributed by atoms with E-state index in [1.807, 2.05) is 92.8 Å². The Labute approximate surface area is 366 Å². The second kappa shape index (κ2) is 17.2. The molecule has 0 aliphatic heterocycles. The fourth-order valence-electron chi connectivity index (χ4n) is 8.04. The van der Waals surface area contributed by atoms with Gasteiger partial charge in [0, 0.05) is 67.5 Å². The number of hydrogen-bond donors (Lipinski definition) is 3. The first-order valence-electron chi connectivity index (χ1n) is 20.6. The summed E-state index contributed by atoms with van der Waals surface area (Å²) in [5, 5.41) is 13.1. The molecule has 0 saturated heterocycles. The topological polar surface area (TPSA) is 123 Å². The minimum absolute atomic E-state index is 0.239. The molecule has 63 heavy (non-hydrogen) atoms. The van der Waals surface area contributed by atoms with E-state index in [9.17, 15) is 8.42 Å². The van der Waals surface area contributed by atoms with Crippen LogP contribution >= 0.6 is 0 Å². The molecule has 3 heterocycles. The van der Waals surface area contributed by atoms with Crippen LogP contribution in [0.1, 0.15) is 16.8 Å². The third-order valence-electron chi connectivity index (χ3n) is 11.0. The summed E-state index contributed by atoms with van der Waals surface area (Å²) >= 11 is 0. The van der Waals surface area contributed by atoms with Gasteiger partial charge in [-0.15, -0.1) is 0 Å². The first-order chi connectivity index (χ1) is 30.6. The van der Waals surface area contributed by atoms with E-state index in [1.54, 1.807) is 36.5 Å². The molecule has 4 N–H and O–H groups in total. The molecule has 0 aliphatic carbocycles. The van der Waals surface area contributed by atoms with Crippen LogP contribution in [-0.4, -0.2) is 23.4 Å². The summed E-state index contributed by atoms with van der Waals surface area (Å²) in [4.78, 5) is 13.9. The van der Waals surface area contributed by atoms with Crippen molar-refractivity contribution in [2.45, 2.75) is 25.7 Å². The fourth-order valence-corrected chi connectivity index (χ4v) is 9.11. The molecule has 11 rings (SSSR count). The van der Waals surface area contributed by atoms with E-state index in [1.165, 1.54) is 21.7 Å². The molecule has 0 radical (unpaired) electrons. The standard InChI is InChI=1S/C20H16N2O2S.C19H14N2.C15H14N2/c1-14-7-11-17(12-8-14)25(23,24)22-18-6-2-4-15-9-10-16-5-3-13-21-20(16)19(15)18;1-2-8-16(9-3-1)21-17-10-4-6-14-11-12-15-7-5-13-20-19(15)18(14)17;1-9-8-10(2)17-15-12(9)7-6-11-4-3-5-13(16)14(11)15/h2-13,22H,1H3;1-13,21H;3-8H,16H2,1-2H3. The van der Waals surface area contributed by atoms with E-state index in [4.69, 9.17) is 5.73 Å². The van der Waals surface area contributed by atoms with Crippen LogP contribution in [0.3, 0.4) is 0 Å². The number of nitrogen functional groups attached to an aromatic ring is 1. The number of hydrogen-bond acceptors (Lipinski definition) is 7. The second-order valence-corrected chi connectivity index (χ2v) is 17.2. The summed E-state index contributed by atoms with van der Waals surface area (Å²) < 4.78 is 28.2. The smallest absolute Gasteiger partial charge is 0.261 e. The summed E-state index contributed by atoms with van der Waals surface area (Å²) in [6, 6.07) is 57.3. The monoisotopic (exact) mass is 840 g/mol. The summed E-state index contributed by atoms with van der Waals surface area (Å²) in [6.07, 6.45) is 3.56. The Morgan fingerprint density at radius 1 is 0.492 bits per heavy atom. The SMILES string of the molecule is Cc1cc(C)c2ccc3cccc(N)c3c2n1.Cc1ccc(S(=O)(=O)Nc2cccc3ccc4cccnc4c23)cc1.c1ccc(Nc2cccc3ccc4cccnc4c23)cc1.